The zero-order chi connectivity index (χ0) is 38.0. The van der Waals surface area contributed by atoms with Crippen molar-refractivity contribution in [1.29, 1.82) is 0 Å². The molecule has 3 aromatic carbocycles. The van der Waals surface area contributed by atoms with Gasteiger partial charge in [-0.1, -0.05) is 41.9 Å². The van der Waals surface area contributed by atoms with Gasteiger partial charge in [-0.2, -0.15) is 0 Å². The quantitative estimate of drug-likeness (QED) is 0.203. The SMILES string of the molecule is COc1ccc2c(Cl)c1OC1c3ccc(cc3C3=CCC(O)C31OC1OCC(NC(=O)c3c(C)ccc(C)c3O)C(C)(O)C1O)C(O)CNC(=O)C=C2. The number of aromatic hydroxyl groups is 1. The Kier molecular flexibility index (Phi) is 9.56. The summed E-state index contributed by atoms with van der Waals surface area (Å²) in [5.41, 5.74) is -0.232. The molecule has 2 amide bonds. The number of nitrogens with one attached hydrogen (secondary N) is 2. The van der Waals surface area contributed by atoms with Crippen molar-refractivity contribution in [3.63, 3.8) is 0 Å². The lowest BCUT2D eigenvalue weighted by atomic mass is 9.86. The summed E-state index contributed by atoms with van der Waals surface area (Å²) in [5, 5.41) is 62.5. The first-order valence-corrected chi connectivity index (χ1v) is 17.6. The average Bonchev–Trinajstić information content (AvgIpc) is 3.59. The normalized spacial score (nSPS) is 30.4. The second-order valence-electron chi connectivity index (χ2n) is 14.0. The number of aryl methyl sites for hydroxylation is 2. The van der Waals surface area contributed by atoms with Crippen molar-refractivity contribution in [2.45, 2.75) is 75.1 Å². The van der Waals surface area contributed by atoms with Crippen LogP contribution >= 0.6 is 11.6 Å². The molecule has 14 heteroatoms. The summed E-state index contributed by atoms with van der Waals surface area (Å²) in [4.78, 5) is 26.0. The molecule has 2 aliphatic carbocycles. The fraction of sp³-hybridized carbons (Fsp3) is 0.385. The van der Waals surface area contributed by atoms with Crippen molar-refractivity contribution in [3.8, 4) is 17.2 Å². The molecule has 0 spiro atoms. The lowest BCUT2D eigenvalue weighted by Crippen LogP contribution is -2.68. The molecule has 5 aliphatic rings. The van der Waals surface area contributed by atoms with E-state index in [0.29, 0.717) is 39.0 Å². The maximum absolute atomic E-state index is 13.4. The molecule has 7 N–H and O–H groups in total. The van der Waals surface area contributed by atoms with Gasteiger partial charge in [0.05, 0.1) is 42.6 Å². The molecule has 53 heavy (non-hydrogen) atoms. The number of halogens is 1. The molecule has 8 rings (SSSR count). The number of ether oxygens (including phenoxy) is 4. The molecule has 8 unspecified atom stereocenters. The first-order valence-electron chi connectivity index (χ1n) is 17.2. The molecular formula is C39H41ClN2O11. The Balaban J connectivity index is 1.27. The molecule has 8 atom stereocenters. The van der Waals surface area contributed by atoms with Crippen LogP contribution in [0.1, 0.15) is 69.3 Å². The summed E-state index contributed by atoms with van der Waals surface area (Å²) >= 11 is 6.91. The highest BCUT2D eigenvalue weighted by Gasteiger charge is 2.63. The van der Waals surface area contributed by atoms with Gasteiger partial charge in [0.15, 0.2) is 29.5 Å². The highest BCUT2D eigenvalue weighted by molar-refractivity contribution is 6.34. The van der Waals surface area contributed by atoms with Gasteiger partial charge in [-0.25, -0.2) is 0 Å². The van der Waals surface area contributed by atoms with Crippen LogP contribution in [0.25, 0.3) is 11.6 Å². The van der Waals surface area contributed by atoms with E-state index >= 15 is 0 Å². The Morgan fingerprint density at radius 1 is 1.08 bits per heavy atom. The van der Waals surface area contributed by atoms with Crippen LogP contribution in [0.15, 0.2) is 54.6 Å². The van der Waals surface area contributed by atoms with Gasteiger partial charge in [-0.05, 0) is 84.9 Å². The fourth-order valence-corrected chi connectivity index (χ4v) is 7.81. The highest BCUT2D eigenvalue weighted by atomic mass is 35.5. The van der Waals surface area contributed by atoms with Crippen LogP contribution < -0.4 is 20.1 Å². The number of phenolic OH excluding ortho intramolecular Hbond substituents is 1. The van der Waals surface area contributed by atoms with Crippen molar-refractivity contribution < 1.29 is 54.1 Å². The second-order valence-corrected chi connectivity index (χ2v) is 14.4. The van der Waals surface area contributed by atoms with E-state index in [1.165, 1.54) is 26.2 Å². The number of methoxy groups -OCH3 is 1. The van der Waals surface area contributed by atoms with E-state index < -0.39 is 59.8 Å². The fourth-order valence-electron chi connectivity index (χ4n) is 7.54. The largest absolute Gasteiger partial charge is 0.507 e. The van der Waals surface area contributed by atoms with E-state index in [2.05, 4.69) is 10.6 Å². The number of amides is 2. The lowest BCUT2D eigenvalue weighted by molar-refractivity contribution is -0.316. The van der Waals surface area contributed by atoms with Gasteiger partial charge in [-0.3, -0.25) is 9.59 Å². The number of benzene rings is 3. The van der Waals surface area contributed by atoms with Crippen molar-refractivity contribution in [3.05, 3.63) is 98.6 Å². The van der Waals surface area contributed by atoms with Crippen LogP contribution in [0.2, 0.25) is 5.02 Å². The van der Waals surface area contributed by atoms with Crippen LogP contribution in [0.5, 0.6) is 17.2 Å². The van der Waals surface area contributed by atoms with Crippen molar-refractivity contribution in [1.82, 2.24) is 10.6 Å². The topological polar surface area (TPSA) is 196 Å². The van der Waals surface area contributed by atoms with Crippen LogP contribution in [-0.4, -0.2) is 93.4 Å². The Morgan fingerprint density at radius 2 is 1.83 bits per heavy atom. The van der Waals surface area contributed by atoms with Crippen LogP contribution in [-0.2, 0) is 14.3 Å². The maximum Gasteiger partial charge on any atom is 0.255 e. The van der Waals surface area contributed by atoms with Crippen molar-refractivity contribution >= 4 is 35.1 Å². The molecule has 3 aliphatic heterocycles. The minimum absolute atomic E-state index is 0.0339. The van der Waals surface area contributed by atoms with Gasteiger partial charge in [0.2, 0.25) is 5.91 Å². The molecule has 3 heterocycles. The number of aliphatic hydroxyl groups excluding tert-OH is 3. The maximum atomic E-state index is 13.4. The molecule has 6 bridgehead atoms. The van der Waals surface area contributed by atoms with E-state index in [1.54, 1.807) is 62.4 Å². The van der Waals surface area contributed by atoms with E-state index in [0.717, 1.165) is 0 Å². The zero-order valence-electron chi connectivity index (χ0n) is 29.4. The number of phenols is 1. The molecule has 280 valence electrons. The van der Waals surface area contributed by atoms with E-state index in [9.17, 15) is 35.1 Å². The minimum Gasteiger partial charge on any atom is -0.507 e. The van der Waals surface area contributed by atoms with Gasteiger partial charge in [0.1, 0.15) is 17.5 Å². The predicted molar refractivity (Wildman–Crippen MR) is 192 cm³/mol. The summed E-state index contributed by atoms with van der Waals surface area (Å²) in [6.45, 7) is 4.26. The van der Waals surface area contributed by atoms with Crippen molar-refractivity contribution in [2.24, 2.45) is 0 Å². The average molecular weight is 749 g/mol. The summed E-state index contributed by atoms with van der Waals surface area (Å²) in [5.74, 6) is -0.975. The third-order valence-corrected chi connectivity index (χ3v) is 11.1. The summed E-state index contributed by atoms with van der Waals surface area (Å²) in [6.07, 6.45) is -2.16. The number of hydrogen-bond donors (Lipinski definition) is 7. The van der Waals surface area contributed by atoms with Gasteiger partial charge in [0, 0.05) is 18.2 Å². The first kappa shape index (κ1) is 36.9. The monoisotopic (exact) mass is 748 g/mol. The number of fused-ring (bicyclic) bond motifs is 6. The number of carbonyl (C=O) groups excluding carboxylic acids is 2. The number of carbonyl (C=O) groups is 2. The Labute approximate surface area is 310 Å². The van der Waals surface area contributed by atoms with Crippen LogP contribution in [0.4, 0.5) is 0 Å². The molecule has 0 aromatic heterocycles. The molecule has 0 radical (unpaired) electrons. The van der Waals surface area contributed by atoms with Crippen LogP contribution in [0, 0.1) is 13.8 Å². The standard InChI is InChI=1S/C39H41ClN2O11/c1-18-5-6-19(2)32(46)30(18)36(48)42-27-17-51-37(34(47)38(27,3)49)53-39-24(11-13-28(39)44)23-15-21-7-10-22(23)35(39)52-33-26(50-4)12-8-20(31(33)40)9-14-29(45)41-16-25(21)43/h5-12,14-15,25,27-28,34-35,37,43-44,46-47,49H,13,16-17H2,1-4H3,(H,41,45)(H,42,48). The Bertz CT molecular complexity index is 2050. The van der Waals surface area contributed by atoms with Crippen molar-refractivity contribution in [2.75, 3.05) is 20.3 Å². The number of rotatable bonds is 5. The molecule has 1 saturated heterocycles. The van der Waals surface area contributed by atoms with Gasteiger partial charge in [-0.15, -0.1) is 0 Å². The predicted octanol–water partition coefficient (Wildman–Crippen LogP) is 3.15. The molecule has 0 saturated carbocycles. The molecular weight excluding hydrogens is 708 g/mol. The highest BCUT2D eigenvalue weighted by Crippen LogP contribution is 2.59. The van der Waals surface area contributed by atoms with E-state index in [4.69, 9.17) is 30.5 Å². The lowest BCUT2D eigenvalue weighted by Gasteiger charge is -2.48. The van der Waals surface area contributed by atoms with Gasteiger partial charge in [0.25, 0.3) is 5.91 Å². The summed E-state index contributed by atoms with van der Waals surface area (Å²) in [6, 6.07) is 10.6. The smallest absolute Gasteiger partial charge is 0.255 e. The third-order valence-electron chi connectivity index (χ3n) is 10.7. The number of hydrogen-bond acceptors (Lipinski definition) is 11. The molecule has 1 fully saturated rings. The number of aliphatic hydroxyl groups is 4. The zero-order valence-corrected chi connectivity index (χ0v) is 30.2. The first-order chi connectivity index (χ1) is 25.2. The van der Waals surface area contributed by atoms with E-state index in [-0.39, 0.29) is 47.4 Å². The Morgan fingerprint density at radius 3 is 2.58 bits per heavy atom. The van der Waals surface area contributed by atoms with Gasteiger partial charge >= 0.3 is 0 Å². The minimum atomic E-state index is -2.03. The Hall–Kier alpha value is -4.47. The third kappa shape index (κ3) is 6.06. The van der Waals surface area contributed by atoms with Crippen LogP contribution in [0.3, 0.4) is 0 Å². The molecule has 3 aromatic rings. The van der Waals surface area contributed by atoms with Gasteiger partial charge < -0.3 is 55.1 Å². The molecule has 13 nitrogen and oxygen atoms in total. The van der Waals surface area contributed by atoms with E-state index in [1.807, 2.05) is 0 Å². The summed E-state index contributed by atoms with van der Waals surface area (Å²) < 4.78 is 25.1. The second kappa shape index (κ2) is 13.7. The summed E-state index contributed by atoms with van der Waals surface area (Å²) in [7, 11) is 1.44.